The van der Waals surface area contributed by atoms with Gasteiger partial charge in [0.15, 0.2) is 14.6 Å². The van der Waals surface area contributed by atoms with Crippen LogP contribution in [0.5, 0.6) is 0 Å². The molecule has 2 aliphatic heterocycles. The van der Waals surface area contributed by atoms with Gasteiger partial charge in [0.2, 0.25) is 5.91 Å². The smallest absolute Gasteiger partial charge is 0.244 e. The number of nitrogens with zero attached hydrogens (tertiary/aromatic N) is 2. The summed E-state index contributed by atoms with van der Waals surface area (Å²) in [5.74, 6) is -0.165. The van der Waals surface area contributed by atoms with Crippen molar-refractivity contribution in [1.29, 1.82) is 0 Å². The summed E-state index contributed by atoms with van der Waals surface area (Å²) in [4.78, 5) is 17.1. The lowest BCUT2D eigenvalue weighted by atomic mass is 9.95. The summed E-state index contributed by atoms with van der Waals surface area (Å²) in [6.45, 7) is 4.30. The van der Waals surface area contributed by atoms with Crippen LogP contribution in [0.25, 0.3) is 0 Å². The number of carbonyl (C=O) groups is 1. The maximum absolute atomic E-state index is 12.9. The molecule has 0 aromatic rings. The predicted octanol–water partition coefficient (Wildman–Crippen LogP) is 0.303. The molecule has 6 nitrogen and oxygen atoms in total. The first-order valence-electron chi connectivity index (χ1n) is 7.88. The number of nitrogens with one attached hydrogen (secondary N) is 1. The molecule has 1 aliphatic carbocycles. The van der Waals surface area contributed by atoms with Gasteiger partial charge in [-0.15, -0.1) is 24.8 Å². The van der Waals surface area contributed by atoms with Crippen molar-refractivity contribution in [3.63, 3.8) is 0 Å². The minimum Gasteiger partial charge on any atom is -0.339 e. The van der Waals surface area contributed by atoms with Gasteiger partial charge < -0.3 is 10.2 Å². The largest absolute Gasteiger partial charge is 0.339 e. The van der Waals surface area contributed by atoms with Gasteiger partial charge in [0, 0.05) is 38.5 Å². The van der Waals surface area contributed by atoms with E-state index in [0.717, 1.165) is 13.1 Å². The summed E-state index contributed by atoms with van der Waals surface area (Å²) in [6.07, 6.45) is 4.55. The quantitative estimate of drug-likeness (QED) is 0.754. The first kappa shape index (κ1) is 21.0. The number of piperidine rings is 1. The van der Waals surface area contributed by atoms with Crippen LogP contribution in [-0.2, 0) is 14.6 Å². The Labute approximate surface area is 151 Å². The van der Waals surface area contributed by atoms with Crippen LogP contribution >= 0.6 is 24.8 Å². The Morgan fingerprint density at radius 3 is 2.00 bits per heavy atom. The summed E-state index contributed by atoms with van der Waals surface area (Å²) in [5.41, 5.74) is 0. The number of hydrogen-bond donors (Lipinski definition) is 1. The van der Waals surface area contributed by atoms with Crippen LogP contribution in [0.3, 0.4) is 0 Å². The molecular formula is C14H27Cl2N3O3S. The van der Waals surface area contributed by atoms with Gasteiger partial charge in [-0.2, -0.15) is 0 Å². The molecule has 1 amide bonds. The Kier molecular flexibility index (Phi) is 7.17. The molecule has 2 heterocycles. The lowest BCUT2D eigenvalue weighted by molar-refractivity contribution is -0.136. The summed E-state index contributed by atoms with van der Waals surface area (Å²) in [5, 5.41) is 3.16. The zero-order valence-corrected chi connectivity index (χ0v) is 15.9. The first-order valence-corrected chi connectivity index (χ1v) is 9.77. The third-order valence-corrected chi connectivity index (χ3v) is 7.18. The van der Waals surface area contributed by atoms with E-state index in [-0.39, 0.29) is 30.7 Å². The van der Waals surface area contributed by atoms with Gasteiger partial charge in [0.1, 0.15) is 0 Å². The Hall–Kier alpha value is -0.0800. The molecule has 1 saturated carbocycles. The molecule has 0 radical (unpaired) electrons. The number of amides is 1. The van der Waals surface area contributed by atoms with Crippen molar-refractivity contribution < 1.29 is 13.2 Å². The summed E-state index contributed by atoms with van der Waals surface area (Å²) in [6, 6.07) is 0.713. The fourth-order valence-electron chi connectivity index (χ4n) is 3.59. The number of rotatable bonds is 3. The third-order valence-electron chi connectivity index (χ3n) is 5.18. The van der Waals surface area contributed by atoms with Gasteiger partial charge >= 0.3 is 0 Å². The highest BCUT2D eigenvalue weighted by Gasteiger charge is 2.51. The molecule has 0 unspecified atom stereocenters. The second-order valence-corrected chi connectivity index (χ2v) is 8.90. The van der Waals surface area contributed by atoms with Crippen molar-refractivity contribution in [1.82, 2.24) is 15.1 Å². The van der Waals surface area contributed by atoms with E-state index >= 15 is 0 Å². The predicted molar refractivity (Wildman–Crippen MR) is 95.3 cm³/mol. The van der Waals surface area contributed by atoms with Gasteiger partial charge in [0.05, 0.1) is 0 Å². The number of sulfone groups is 1. The molecule has 9 heteroatoms. The highest BCUT2D eigenvalue weighted by molar-refractivity contribution is 7.92. The van der Waals surface area contributed by atoms with Crippen molar-refractivity contribution in [3.8, 4) is 0 Å². The highest BCUT2D eigenvalue weighted by atomic mass is 35.5. The Morgan fingerprint density at radius 2 is 1.57 bits per heavy atom. The average Bonchev–Trinajstić information content (AvgIpc) is 3.31. The van der Waals surface area contributed by atoms with Gasteiger partial charge in [-0.1, -0.05) is 0 Å². The maximum Gasteiger partial charge on any atom is 0.244 e. The molecular weight excluding hydrogens is 361 g/mol. The van der Waals surface area contributed by atoms with E-state index < -0.39 is 14.6 Å². The normalized spacial score (nSPS) is 25.2. The van der Waals surface area contributed by atoms with Crippen molar-refractivity contribution in [2.45, 2.75) is 36.5 Å². The molecule has 136 valence electrons. The number of piperazine rings is 1. The Balaban J connectivity index is 0.00000132. The zero-order chi connectivity index (χ0) is 15.1. The minimum atomic E-state index is -3.40. The van der Waals surface area contributed by atoms with Crippen LogP contribution in [0.1, 0.15) is 25.7 Å². The molecule has 0 aromatic carbocycles. The summed E-state index contributed by atoms with van der Waals surface area (Å²) >= 11 is 0. The molecule has 2 saturated heterocycles. The molecule has 0 atom stereocenters. The fourth-order valence-corrected chi connectivity index (χ4v) is 4.98. The Bertz CT molecular complexity index is 511. The van der Waals surface area contributed by atoms with E-state index in [9.17, 15) is 13.2 Å². The van der Waals surface area contributed by atoms with Crippen LogP contribution in [-0.4, -0.2) is 80.4 Å². The molecule has 3 aliphatic rings. The highest BCUT2D eigenvalue weighted by Crippen LogP contribution is 2.32. The standard InChI is InChI=1S/C14H25N3O3S.2ClH/c1-21(19,20)14(4-6-15-7-5-14)13(18)17-10-8-16(9-11-17)12-2-3-12;;/h12,15H,2-11H2,1H3;2*1H. The number of hydrogen-bond acceptors (Lipinski definition) is 5. The molecule has 0 bridgehead atoms. The third kappa shape index (κ3) is 4.12. The molecule has 3 fully saturated rings. The second-order valence-electron chi connectivity index (χ2n) is 6.58. The van der Waals surface area contributed by atoms with Crippen molar-refractivity contribution >= 4 is 40.6 Å². The minimum absolute atomic E-state index is 0. The molecule has 23 heavy (non-hydrogen) atoms. The summed E-state index contributed by atoms with van der Waals surface area (Å²) in [7, 11) is -3.40. The fraction of sp³-hybridized carbons (Fsp3) is 0.929. The van der Waals surface area contributed by atoms with Crippen LogP contribution < -0.4 is 5.32 Å². The summed E-state index contributed by atoms with van der Waals surface area (Å²) < 4.78 is 23.4. The van der Waals surface area contributed by atoms with E-state index in [1.54, 1.807) is 4.90 Å². The van der Waals surface area contributed by atoms with Crippen LogP contribution in [0.15, 0.2) is 0 Å². The zero-order valence-electron chi connectivity index (χ0n) is 13.5. The topological polar surface area (TPSA) is 69.7 Å². The SMILES string of the molecule is CS(=O)(=O)C1(C(=O)N2CCN(C3CC3)CC2)CCNCC1.Cl.Cl. The maximum atomic E-state index is 12.9. The lowest BCUT2D eigenvalue weighted by Gasteiger charge is -2.42. The number of carbonyl (C=O) groups excluding carboxylic acids is 1. The first-order chi connectivity index (χ1) is 9.94. The monoisotopic (exact) mass is 387 g/mol. The van der Waals surface area contributed by atoms with Crippen LogP contribution in [0.4, 0.5) is 0 Å². The van der Waals surface area contributed by atoms with Crippen molar-refractivity contribution in [3.05, 3.63) is 0 Å². The van der Waals surface area contributed by atoms with Gasteiger partial charge in [-0.3, -0.25) is 9.69 Å². The van der Waals surface area contributed by atoms with Crippen molar-refractivity contribution in [2.24, 2.45) is 0 Å². The van der Waals surface area contributed by atoms with E-state index in [1.165, 1.54) is 19.1 Å². The van der Waals surface area contributed by atoms with Crippen LogP contribution in [0.2, 0.25) is 0 Å². The van der Waals surface area contributed by atoms with Crippen LogP contribution in [0, 0.1) is 0 Å². The van der Waals surface area contributed by atoms with Gasteiger partial charge in [0.25, 0.3) is 0 Å². The van der Waals surface area contributed by atoms with Crippen molar-refractivity contribution in [2.75, 3.05) is 45.5 Å². The molecule has 3 rings (SSSR count). The van der Waals surface area contributed by atoms with E-state index in [0.29, 0.717) is 45.1 Å². The van der Waals surface area contributed by atoms with Gasteiger partial charge in [-0.05, 0) is 38.8 Å². The lowest BCUT2D eigenvalue weighted by Crippen LogP contribution is -2.61. The molecule has 1 N–H and O–H groups in total. The van der Waals surface area contributed by atoms with Gasteiger partial charge in [-0.25, -0.2) is 8.42 Å². The van der Waals surface area contributed by atoms with E-state index in [2.05, 4.69) is 10.2 Å². The average molecular weight is 388 g/mol. The van der Waals surface area contributed by atoms with E-state index in [4.69, 9.17) is 0 Å². The molecule has 0 spiro atoms. The Morgan fingerprint density at radius 1 is 1.04 bits per heavy atom. The second kappa shape index (κ2) is 7.87. The van der Waals surface area contributed by atoms with E-state index in [1.807, 2.05) is 0 Å². The number of halogens is 2. The molecule has 0 aromatic heterocycles.